The number of terminal acetylenes is 1. The largest absolute Gasteiger partial charge is 0.394 e. The third-order valence-corrected chi connectivity index (χ3v) is 4.19. The van der Waals surface area contributed by atoms with Gasteiger partial charge in [-0.25, -0.2) is 9.50 Å². The van der Waals surface area contributed by atoms with Gasteiger partial charge in [-0.3, -0.25) is 0 Å². The van der Waals surface area contributed by atoms with E-state index >= 15 is 0 Å². The van der Waals surface area contributed by atoms with Gasteiger partial charge in [0.1, 0.15) is 29.7 Å². The van der Waals surface area contributed by atoms with Crippen molar-refractivity contribution in [2.75, 3.05) is 12.3 Å². The van der Waals surface area contributed by atoms with Crippen molar-refractivity contribution in [3.05, 3.63) is 24.2 Å². The van der Waals surface area contributed by atoms with Crippen LogP contribution in [0.5, 0.6) is 0 Å². The minimum atomic E-state index is -1.83. The number of fused-ring (bicyclic) bond motifs is 1. The van der Waals surface area contributed by atoms with E-state index in [2.05, 4.69) is 16.0 Å². The molecular formula is C14H16N4O4. The Balaban J connectivity index is 2.27. The van der Waals surface area contributed by atoms with Gasteiger partial charge in [-0.1, -0.05) is 5.92 Å². The molecule has 3 heterocycles. The van der Waals surface area contributed by atoms with E-state index in [-0.39, 0.29) is 5.82 Å². The quantitative estimate of drug-likeness (QED) is 0.505. The fourth-order valence-electron chi connectivity index (χ4n) is 2.91. The molecule has 22 heavy (non-hydrogen) atoms. The summed E-state index contributed by atoms with van der Waals surface area (Å²) in [6, 6.07) is 3.24. The predicted octanol–water partition coefficient (Wildman–Crippen LogP) is -1.36. The van der Waals surface area contributed by atoms with Crippen LogP contribution in [0.3, 0.4) is 0 Å². The number of ether oxygens (including phenoxy) is 1. The number of hydrogen-bond acceptors (Lipinski definition) is 7. The third-order valence-electron chi connectivity index (χ3n) is 4.19. The van der Waals surface area contributed by atoms with E-state index < -0.39 is 30.0 Å². The fraction of sp³-hybridized carbons (Fsp3) is 0.429. The number of aromatic nitrogens is 3. The van der Waals surface area contributed by atoms with Crippen LogP contribution in [-0.2, 0) is 10.3 Å². The molecule has 5 N–H and O–H groups in total. The summed E-state index contributed by atoms with van der Waals surface area (Å²) in [7, 11) is 0. The number of rotatable bonds is 2. The minimum Gasteiger partial charge on any atom is -0.394 e. The van der Waals surface area contributed by atoms with Crippen molar-refractivity contribution in [1.82, 2.24) is 14.6 Å². The minimum absolute atomic E-state index is 0.241. The first kappa shape index (κ1) is 14.7. The van der Waals surface area contributed by atoms with E-state index in [0.717, 1.165) is 0 Å². The van der Waals surface area contributed by atoms with E-state index in [1.807, 2.05) is 0 Å². The van der Waals surface area contributed by atoms with Crippen molar-refractivity contribution in [3.63, 3.8) is 0 Å². The summed E-state index contributed by atoms with van der Waals surface area (Å²) in [4.78, 5) is 3.88. The van der Waals surface area contributed by atoms with Gasteiger partial charge in [-0.05, 0) is 19.1 Å². The number of anilines is 1. The van der Waals surface area contributed by atoms with Crippen LogP contribution >= 0.6 is 0 Å². The Bertz CT molecular complexity index is 766. The van der Waals surface area contributed by atoms with Gasteiger partial charge >= 0.3 is 0 Å². The Morgan fingerprint density at radius 2 is 2.27 bits per heavy atom. The molecule has 1 saturated heterocycles. The second kappa shape index (κ2) is 4.66. The molecule has 2 aromatic rings. The monoisotopic (exact) mass is 304 g/mol. The van der Waals surface area contributed by atoms with E-state index in [1.54, 1.807) is 12.1 Å². The Labute approximate surface area is 126 Å². The molecule has 0 amide bonds. The molecule has 1 aliphatic heterocycles. The highest BCUT2D eigenvalue weighted by molar-refractivity contribution is 5.66. The third kappa shape index (κ3) is 1.62. The summed E-state index contributed by atoms with van der Waals surface area (Å²) >= 11 is 0. The van der Waals surface area contributed by atoms with E-state index in [4.69, 9.17) is 16.9 Å². The molecule has 116 valence electrons. The standard InChI is InChI=1S/C14H16N4O4/c1-3-14(13(2,21)11(20)9(6-19)22-14)10-5-4-8-12(15)16-7-17-18(8)10/h1,4-5,7,9,11,19-21H,6H2,2H3,(H2,15,16,17)/t9-,11-,13-,14+/m1/s1. The summed E-state index contributed by atoms with van der Waals surface area (Å²) in [5.74, 6) is 2.65. The molecule has 0 unspecified atom stereocenters. The topological polar surface area (TPSA) is 126 Å². The molecule has 2 aromatic heterocycles. The van der Waals surface area contributed by atoms with Crippen LogP contribution in [0.1, 0.15) is 12.6 Å². The van der Waals surface area contributed by atoms with Gasteiger partial charge in [0, 0.05) is 0 Å². The van der Waals surface area contributed by atoms with Gasteiger partial charge in [-0.15, -0.1) is 6.42 Å². The molecule has 0 aliphatic carbocycles. The van der Waals surface area contributed by atoms with Gasteiger partial charge in [0.05, 0.1) is 12.3 Å². The lowest BCUT2D eigenvalue weighted by Gasteiger charge is -2.34. The Hall–Kier alpha value is -2.18. The number of hydrogen-bond donors (Lipinski definition) is 4. The van der Waals surface area contributed by atoms with Crippen molar-refractivity contribution in [2.24, 2.45) is 0 Å². The number of nitrogen functional groups attached to an aromatic ring is 1. The van der Waals surface area contributed by atoms with Crippen LogP contribution in [0.25, 0.3) is 5.52 Å². The smallest absolute Gasteiger partial charge is 0.202 e. The molecule has 0 aromatic carbocycles. The lowest BCUT2D eigenvalue weighted by Crippen LogP contribution is -2.52. The lowest BCUT2D eigenvalue weighted by atomic mass is 9.80. The molecule has 1 fully saturated rings. The summed E-state index contributed by atoms with van der Waals surface area (Å²) in [6.45, 7) is 0.873. The maximum Gasteiger partial charge on any atom is 0.202 e. The maximum atomic E-state index is 10.8. The van der Waals surface area contributed by atoms with Crippen LogP contribution in [0, 0.1) is 12.3 Å². The highest BCUT2D eigenvalue weighted by atomic mass is 16.6. The Morgan fingerprint density at radius 3 is 2.86 bits per heavy atom. The van der Waals surface area contributed by atoms with E-state index in [9.17, 15) is 15.3 Å². The number of aliphatic hydroxyl groups excluding tert-OH is 2. The summed E-state index contributed by atoms with van der Waals surface area (Å²) in [6.07, 6.45) is 4.50. The zero-order valence-electron chi connectivity index (χ0n) is 11.8. The van der Waals surface area contributed by atoms with Crippen LogP contribution in [0.2, 0.25) is 0 Å². The van der Waals surface area contributed by atoms with Gasteiger partial charge < -0.3 is 25.8 Å². The molecule has 0 radical (unpaired) electrons. The average Bonchev–Trinajstić information content (AvgIpc) is 3.01. The van der Waals surface area contributed by atoms with Gasteiger partial charge in [-0.2, -0.15) is 5.10 Å². The first-order chi connectivity index (χ1) is 10.4. The Morgan fingerprint density at radius 1 is 1.55 bits per heavy atom. The molecule has 4 atom stereocenters. The first-order valence-electron chi connectivity index (χ1n) is 6.64. The van der Waals surface area contributed by atoms with Crippen molar-refractivity contribution < 1.29 is 20.1 Å². The van der Waals surface area contributed by atoms with Gasteiger partial charge in [0.15, 0.2) is 5.82 Å². The number of aliphatic hydroxyl groups is 3. The normalized spacial score (nSPS) is 34.9. The van der Waals surface area contributed by atoms with Gasteiger partial charge in [0.2, 0.25) is 5.60 Å². The first-order valence-corrected chi connectivity index (χ1v) is 6.64. The van der Waals surface area contributed by atoms with E-state index in [1.165, 1.54) is 17.8 Å². The molecule has 8 heteroatoms. The second-order valence-electron chi connectivity index (χ2n) is 5.42. The van der Waals surface area contributed by atoms with Crippen LogP contribution in [0.15, 0.2) is 18.5 Å². The fourth-order valence-corrected chi connectivity index (χ4v) is 2.91. The van der Waals surface area contributed by atoms with Crippen molar-refractivity contribution >= 4 is 11.3 Å². The van der Waals surface area contributed by atoms with Crippen molar-refractivity contribution in [1.29, 1.82) is 0 Å². The summed E-state index contributed by atoms with van der Waals surface area (Å²) < 4.78 is 7.07. The molecular weight excluding hydrogens is 288 g/mol. The molecule has 3 rings (SSSR count). The SMILES string of the molecule is C#C[C@@]1(c2ccc3c(N)ncnn23)O[C@H](CO)[C@@H](O)[C@@]1(C)O. The molecule has 0 bridgehead atoms. The predicted molar refractivity (Wildman–Crippen MR) is 76.5 cm³/mol. The van der Waals surface area contributed by atoms with Crippen molar-refractivity contribution in [2.45, 2.75) is 30.3 Å². The lowest BCUT2D eigenvalue weighted by molar-refractivity contribution is -0.108. The zero-order valence-corrected chi connectivity index (χ0v) is 11.8. The molecule has 8 nitrogen and oxygen atoms in total. The highest BCUT2D eigenvalue weighted by Crippen LogP contribution is 2.47. The molecule has 0 spiro atoms. The Kier molecular flexibility index (Phi) is 3.12. The van der Waals surface area contributed by atoms with Crippen LogP contribution < -0.4 is 5.73 Å². The van der Waals surface area contributed by atoms with Crippen molar-refractivity contribution in [3.8, 4) is 12.3 Å². The number of nitrogens with two attached hydrogens (primary N) is 1. The van der Waals surface area contributed by atoms with Gasteiger partial charge in [0.25, 0.3) is 0 Å². The maximum absolute atomic E-state index is 10.8. The van der Waals surface area contributed by atoms with Crippen LogP contribution in [-0.4, -0.2) is 54.3 Å². The molecule has 1 aliphatic rings. The molecule has 0 saturated carbocycles. The number of nitrogens with zero attached hydrogens (tertiary/aromatic N) is 3. The zero-order chi connectivity index (χ0) is 16.1. The summed E-state index contributed by atoms with van der Waals surface area (Å²) in [5.41, 5.74) is 3.08. The average molecular weight is 304 g/mol. The highest BCUT2D eigenvalue weighted by Gasteiger charge is 2.63. The summed E-state index contributed by atoms with van der Waals surface area (Å²) in [5, 5.41) is 34.4. The second-order valence-corrected chi connectivity index (χ2v) is 5.42. The van der Waals surface area contributed by atoms with Crippen LogP contribution in [0.4, 0.5) is 5.82 Å². The van der Waals surface area contributed by atoms with E-state index in [0.29, 0.717) is 11.2 Å².